The molecule has 0 unspecified atom stereocenters. The maximum Gasteiger partial charge on any atom is 0.174 e. The Morgan fingerprint density at radius 3 is 2.27 bits per heavy atom. The Kier molecular flexibility index (Phi) is 3.00. The van der Waals surface area contributed by atoms with Crippen molar-refractivity contribution in [3.8, 4) is 0 Å². The molecule has 1 rings (SSSR count). The summed E-state index contributed by atoms with van der Waals surface area (Å²) >= 11 is 0. The summed E-state index contributed by atoms with van der Waals surface area (Å²) in [5, 5.41) is 7.29. The fraction of sp³-hybridized carbons (Fsp3) is 0.667. The average molecular weight is 157 g/mol. The van der Waals surface area contributed by atoms with Crippen molar-refractivity contribution in [3.05, 3.63) is 12.7 Å². The largest absolute Gasteiger partial charge is 0.354 e. The van der Waals surface area contributed by atoms with Crippen LogP contribution >= 0.6 is 0 Å². The molecule has 1 heterocycles. The van der Waals surface area contributed by atoms with Crippen molar-refractivity contribution in [1.82, 2.24) is 14.8 Å². The van der Waals surface area contributed by atoms with Crippen LogP contribution in [0.15, 0.2) is 12.7 Å². The van der Waals surface area contributed by atoms with E-state index < -0.39 is 0 Å². The molecule has 0 bridgehead atoms. The van der Waals surface area contributed by atoms with Gasteiger partial charge in [-0.3, -0.25) is 0 Å². The molecule has 0 saturated heterocycles. The third kappa shape index (κ3) is 2.28. The first-order chi connectivity index (χ1) is 5.36. The van der Waals surface area contributed by atoms with Gasteiger partial charge in [0.25, 0.3) is 0 Å². The van der Waals surface area contributed by atoms with Crippen LogP contribution in [-0.2, 0) is 16.0 Å². The van der Waals surface area contributed by atoms with Crippen LogP contribution in [0.4, 0.5) is 0 Å². The highest BCUT2D eigenvalue weighted by atomic mass is 16.7. The van der Waals surface area contributed by atoms with Gasteiger partial charge < -0.3 is 14.0 Å². The van der Waals surface area contributed by atoms with Gasteiger partial charge in [-0.25, -0.2) is 0 Å². The predicted octanol–water partition coefficient (Wildman–Crippen LogP) is -0.103. The molecule has 62 valence electrons. The molecule has 0 saturated carbocycles. The van der Waals surface area contributed by atoms with E-state index in [9.17, 15) is 0 Å². The topological polar surface area (TPSA) is 49.2 Å². The third-order valence-corrected chi connectivity index (χ3v) is 1.35. The van der Waals surface area contributed by atoms with Crippen molar-refractivity contribution in [1.29, 1.82) is 0 Å². The fourth-order valence-electron chi connectivity index (χ4n) is 0.734. The summed E-state index contributed by atoms with van der Waals surface area (Å²) in [6.07, 6.45) is 3.00. The minimum atomic E-state index is -0.231. The molecule has 0 amide bonds. The van der Waals surface area contributed by atoms with Crippen LogP contribution < -0.4 is 0 Å². The summed E-state index contributed by atoms with van der Waals surface area (Å²) in [5.74, 6) is 0. The lowest BCUT2D eigenvalue weighted by atomic mass is 10.6. The van der Waals surface area contributed by atoms with E-state index in [-0.39, 0.29) is 6.29 Å². The molecule has 0 atom stereocenters. The van der Waals surface area contributed by atoms with Crippen LogP contribution in [0, 0.1) is 0 Å². The Hall–Kier alpha value is -0.940. The Labute approximate surface area is 64.9 Å². The number of nitrogens with zero attached hydrogens (tertiary/aromatic N) is 3. The van der Waals surface area contributed by atoms with E-state index in [0.717, 1.165) is 0 Å². The molecule has 1 aromatic rings. The molecular formula is C6H11N3O2. The quantitative estimate of drug-likeness (QED) is 0.572. The number of rotatable bonds is 4. The van der Waals surface area contributed by atoms with Crippen molar-refractivity contribution in [2.75, 3.05) is 14.2 Å². The number of hydrogen-bond acceptors (Lipinski definition) is 4. The van der Waals surface area contributed by atoms with Crippen LogP contribution in [0.25, 0.3) is 0 Å². The molecule has 5 nitrogen and oxygen atoms in total. The second-order valence-electron chi connectivity index (χ2n) is 2.06. The lowest BCUT2D eigenvalue weighted by Crippen LogP contribution is -2.19. The summed E-state index contributed by atoms with van der Waals surface area (Å²) in [7, 11) is 3.19. The predicted molar refractivity (Wildman–Crippen MR) is 37.8 cm³/mol. The van der Waals surface area contributed by atoms with Crippen molar-refractivity contribution >= 4 is 0 Å². The zero-order valence-corrected chi connectivity index (χ0v) is 6.60. The molecular weight excluding hydrogens is 146 g/mol. The zero-order chi connectivity index (χ0) is 8.10. The molecule has 0 aliphatic carbocycles. The molecule has 11 heavy (non-hydrogen) atoms. The Morgan fingerprint density at radius 2 is 1.82 bits per heavy atom. The maximum atomic E-state index is 4.97. The van der Waals surface area contributed by atoms with E-state index in [1.807, 2.05) is 0 Å². The SMILES string of the molecule is COC(Cn1cnnc1)OC. The third-order valence-electron chi connectivity index (χ3n) is 1.35. The molecule has 0 fully saturated rings. The van der Waals surface area contributed by atoms with Gasteiger partial charge in [-0.05, 0) is 0 Å². The van der Waals surface area contributed by atoms with Crippen LogP contribution in [0.1, 0.15) is 0 Å². The first-order valence-corrected chi connectivity index (χ1v) is 3.25. The molecule has 0 aromatic carbocycles. The van der Waals surface area contributed by atoms with E-state index in [4.69, 9.17) is 9.47 Å². The maximum absolute atomic E-state index is 4.97. The number of methoxy groups -OCH3 is 2. The fourth-order valence-corrected chi connectivity index (χ4v) is 0.734. The monoisotopic (exact) mass is 157 g/mol. The second kappa shape index (κ2) is 4.05. The zero-order valence-electron chi connectivity index (χ0n) is 6.60. The van der Waals surface area contributed by atoms with E-state index >= 15 is 0 Å². The van der Waals surface area contributed by atoms with Gasteiger partial charge in [-0.1, -0.05) is 0 Å². The van der Waals surface area contributed by atoms with Gasteiger partial charge in [0.15, 0.2) is 6.29 Å². The van der Waals surface area contributed by atoms with Crippen LogP contribution in [-0.4, -0.2) is 35.3 Å². The highest BCUT2D eigenvalue weighted by molar-refractivity contribution is 4.60. The summed E-state index contributed by atoms with van der Waals surface area (Å²) in [5.41, 5.74) is 0. The summed E-state index contributed by atoms with van der Waals surface area (Å²) in [6.45, 7) is 0.611. The van der Waals surface area contributed by atoms with Gasteiger partial charge in [0.2, 0.25) is 0 Å². The van der Waals surface area contributed by atoms with Crippen molar-refractivity contribution < 1.29 is 9.47 Å². The molecule has 0 aliphatic heterocycles. The smallest absolute Gasteiger partial charge is 0.174 e. The minimum absolute atomic E-state index is 0.231. The van der Waals surface area contributed by atoms with E-state index in [1.54, 1.807) is 31.4 Å². The van der Waals surface area contributed by atoms with Gasteiger partial charge in [0.05, 0.1) is 6.54 Å². The van der Waals surface area contributed by atoms with Crippen molar-refractivity contribution in [2.24, 2.45) is 0 Å². The minimum Gasteiger partial charge on any atom is -0.354 e. The van der Waals surface area contributed by atoms with Crippen LogP contribution in [0.5, 0.6) is 0 Å². The average Bonchev–Trinajstić information content (AvgIpc) is 2.52. The first-order valence-electron chi connectivity index (χ1n) is 3.25. The van der Waals surface area contributed by atoms with Crippen LogP contribution in [0.3, 0.4) is 0 Å². The Bertz CT molecular complexity index is 184. The Balaban J connectivity index is 2.41. The van der Waals surface area contributed by atoms with E-state index in [0.29, 0.717) is 6.54 Å². The van der Waals surface area contributed by atoms with Gasteiger partial charge in [0, 0.05) is 14.2 Å². The molecule has 0 aliphatic rings. The second-order valence-corrected chi connectivity index (χ2v) is 2.06. The normalized spacial score (nSPS) is 10.8. The van der Waals surface area contributed by atoms with Crippen molar-refractivity contribution in [2.45, 2.75) is 12.8 Å². The lowest BCUT2D eigenvalue weighted by molar-refractivity contribution is -0.110. The summed E-state index contributed by atoms with van der Waals surface area (Å²) in [4.78, 5) is 0. The Morgan fingerprint density at radius 1 is 1.27 bits per heavy atom. The number of ether oxygens (including phenoxy) is 2. The van der Waals surface area contributed by atoms with Gasteiger partial charge in [0.1, 0.15) is 12.7 Å². The lowest BCUT2D eigenvalue weighted by Gasteiger charge is -2.12. The van der Waals surface area contributed by atoms with E-state index in [1.165, 1.54) is 0 Å². The van der Waals surface area contributed by atoms with Gasteiger partial charge in [-0.2, -0.15) is 0 Å². The van der Waals surface area contributed by atoms with Crippen LogP contribution in [0.2, 0.25) is 0 Å². The van der Waals surface area contributed by atoms with Gasteiger partial charge in [-0.15, -0.1) is 10.2 Å². The molecule has 5 heteroatoms. The standard InChI is InChI=1S/C6H11N3O2/c1-10-6(11-2)3-9-4-7-8-5-9/h4-6H,3H2,1-2H3. The summed E-state index contributed by atoms with van der Waals surface area (Å²) < 4.78 is 11.7. The summed E-state index contributed by atoms with van der Waals surface area (Å²) in [6, 6.07) is 0. The molecule has 0 radical (unpaired) electrons. The van der Waals surface area contributed by atoms with E-state index in [2.05, 4.69) is 10.2 Å². The first kappa shape index (κ1) is 8.16. The molecule has 0 spiro atoms. The highest BCUT2D eigenvalue weighted by Gasteiger charge is 2.04. The number of hydrogen-bond donors (Lipinski definition) is 0. The highest BCUT2D eigenvalue weighted by Crippen LogP contribution is 1.94. The molecule has 1 aromatic heterocycles. The molecule has 0 N–H and O–H groups in total. The number of aromatic nitrogens is 3. The van der Waals surface area contributed by atoms with Crippen molar-refractivity contribution in [3.63, 3.8) is 0 Å². The van der Waals surface area contributed by atoms with Gasteiger partial charge >= 0.3 is 0 Å².